The Morgan fingerprint density at radius 1 is 1.25 bits per heavy atom. The maximum atomic E-state index is 4.55. The van der Waals surface area contributed by atoms with E-state index in [4.69, 9.17) is 0 Å². The summed E-state index contributed by atoms with van der Waals surface area (Å²) in [6.07, 6.45) is 7.78. The molecule has 0 bridgehead atoms. The Hall–Kier alpha value is -0.530. The quantitative estimate of drug-likeness (QED) is 0.634. The van der Waals surface area contributed by atoms with Crippen molar-refractivity contribution in [2.24, 2.45) is 4.99 Å². The second-order valence-corrected chi connectivity index (χ2v) is 4.32. The van der Waals surface area contributed by atoms with Gasteiger partial charge < -0.3 is 5.32 Å². The first-order valence-electron chi connectivity index (χ1n) is 5.10. The van der Waals surface area contributed by atoms with Gasteiger partial charge in [0.1, 0.15) is 0 Å². The summed E-state index contributed by atoms with van der Waals surface area (Å²) in [7, 11) is 0. The molecule has 2 heteroatoms. The molecule has 0 saturated heterocycles. The third-order valence-corrected chi connectivity index (χ3v) is 2.82. The number of nitrogens with one attached hydrogen (secondary N) is 1. The molecule has 1 saturated carbocycles. The van der Waals surface area contributed by atoms with Crippen molar-refractivity contribution in [2.45, 2.75) is 51.0 Å². The molecule has 68 valence electrons. The highest BCUT2D eigenvalue weighted by atomic mass is 15.1. The van der Waals surface area contributed by atoms with Crippen LogP contribution in [-0.2, 0) is 0 Å². The number of hydrogen-bond acceptors (Lipinski definition) is 2. The number of amidine groups is 1. The second-order valence-electron chi connectivity index (χ2n) is 4.32. The molecule has 0 radical (unpaired) electrons. The van der Waals surface area contributed by atoms with Crippen LogP contribution in [0.5, 0.6) is 0 Å². The van der Waals surface area contributed by atoms with Gasteiger partial charge in [0, 0.05) is 18.5 Å². The van der Waals surface area contributed by atoms with Gasteiger partial charge in [-0.2, -0.15) is 0 Å². The van der Waals surface area contributed by atoms with E-state index in [1.807, 2.05) is 0 Å². The predicted octanol–water partition coefficient (Wildman–Crippen LogP) is 2.10. The van der Waals surface area contributed by atoms with E-state index in [-0.39, 0.29) is 0 Å². The SMILES string of the molecule is CC1(NC2=NCCCCC2)CC1. The molecule has 1 heterocycles. The summed E-state index contributed by atoms with van der Waals surface area (Å²) in [5.41, 5.74) is 0.420. The molecule has 1 aliphatic heterocycles. The fraction of sp³-hybridized carbons (Fsp3) is 0.900. The van der Waals surface area contributed by atoms with Crippen LogP contribution in [0.15, 0.2) is 4.99 Å². The van der Waals surface area contributed by atoms with Crippen LogP contribution in [-0.4, -0.2) is 17.9 Å². The molecule has 2 aliphatic rings. The second kappa shape index (κ2) is 3.08. The van der Waals surface area contributed by atoms with Crippen LogP contribution in [0.4, 0.5) is 0 Å². The summed E-state index contributed by atoms with van der Waals surface area (Å²) in [4.78, 5) is 4.55. The fourth-order valence-corrected chi connectivity index (χ4v) is 1.64. The van der Waals surface area contributed by atoms with Gasteiger partial charge in [-0.1, -0.05) is 6.42 Å². The van der Waals surface area contributed by atoms with E-state index in [1.165, 1.54) is 44.4 Å². The molecule has 0 unspecified atom stereocenters. The summed E-state index contributed by atoms with van der Waals surface area (Å²) >= 11 is 0. The lowest BCUT2D eigenvalue weighted by Gasteiger charge is -2.14. The highest BCUT2D eigenvalue weighted by Crippen LogP contribution is 2.34. The minimum atomic E-state index is 0.420. The summed E-state index contributed by atoms with van der Waals surface area (Å²) in [5, 5.41) is 3.56. The average molecular weight is 166 g/mol. The molecule has 0 aromatic heterocycles. The Morgan fingerprint density at radius 3 is 2.83 bits per heavy atom. The van der Waals surface area contributed by atoms with E-state index < -0.39 is 0 Å². The minimum Gasteiger partial charge on any atom is -0.369 e. The molecule has 1 N–H and O–H groups in total. The zero-order valence-electron chi connectivity index (χ0n) is 7.90. The van der Waals surface area contributed by atoms with Gasteiger partial charge in [-0.3, -0.25) is 4.99 Å². The Balaban J connectivity index is 1.88. The van der Waals surface area contributed by atoms with E-state index in [1.54, 1.807) is 0 Å². The molecular formula is C10H18N2. The van der Waals surface area contributed by atoms with Crippen LogP contribution in [0.1, 0.15) is 45.4 Å². The predicted molar refractivity (Wildman–Crippen MR) is 51.5 cm³/mol. The normalized spacial score (nSPS) is 27.2. The largest absolute Gasteiger partial charge is 0.369 e. The van der Waals surface area contributed by atoms with E-state index in [9.17, 15) is 0 Å². The maximum absolute atomic E-state index is 4.55. The van der Waals surface area contributed by atoms with Crippen molar-refractivity contribution >= 4 is 5.84 Å². The van der Waals surface area contributed by atoms with Gasteiger partial charge in [0.2, 0.25) is 0 Å². The molecule has 1 aliphatic carbocycles. The molecule has 2 nitrogen and oxygen atoms in total. The van der Waals surface area contributed by atoms with Crippen LogP contribution in [0.25, 0.3) is 0 Å². The lowest BCUT2D eigenvalue weighted by atomic mass is 10.2. The highest BCUT2D eigenvalue weighted by Gasteiger charge is 2.37. The first-order valence-corrected chi connectivity index (χ1v) is 5.10. The van der Waals surface area contributed by atoms with E-state index in [0.717, 1.165) is 6.54 Å². The summed E-state index contributed by atoms with van der Waals surface area (Å²) in [6, 6.07) is 0. The Labute approximate surface area is 74.5 Å². The average Bonchev–Trinajstić information content (AvgIpc) is 2.78. The van der Waals surface area contributed by atoms with Crippen LogP contribution >= 0.6 is 0 Å². The van der Waals surface area contributed by atoms with Gasteiger partial charge in [0.25, 0.3) is 0 Å². The third kappa shape index (κ3) is 1.99. The zero-order chi connectivity index (χ0) is 8.44. The molecule has 0 spiro atoms. The molecule has 0 amide bonds. The van der Waals surface area contributed by atoms with Crippen LogP contribution in [0.2, 0.25) is 0 Å². The summed E-state index contributed by atoms with van der Waals surface area (Å²) < 4.78 is 0. The zero-order valence-corrected chi connectivity index (χ0v) is 7.90. The monoisotopic (exact) mass is 166 g/mol. The topological polar surface area (TPSA) is 24.4 Å². The van der Waals surface area contributed by atoms with Crippen molar-refractivity contribution in [2.75, 3.05) is 6.54 Å². The standard InChI is InChI=1S/C10H18N2/c1-10(6-7-10)12-9-5-3-2-4-8-11-9/h2-8H2,1H3,(H,11,12). The van der Waals surface area contributed by atoms with Gasteiger partial charge in [0.05, 0.1) is 5.84 Å². The van der Waals surface area contributed by atoms with Crippen molar-refractivity contribution in [3.63, 3.8) is 0 Å². The third-order valence-electron chi connectivity index (χ3n) is 2.82. The van der Waals surface area contributed by atoms with Crippen LogP contribution < -0.4 is 5.32 Å². The van der Waals surface area contributed by atoms with Gasteiger partial charge >= 0.3 is 0 Å². The molecule has 0 aromatic rings. The molecule has 12 heavy (non-hydrogen) atoms. The van der Waals surface area contributed by atoms with Crippen LogP contribution in [0, 0.1) is 0 Å². The van der Waals surface area contributed by atoms with Crippen molar-refractivity contribution < 1.29 is 0 Å². The lowest BCUT2D eigenvalue weighted by molar-refractivity contribution is 0.652. The number of rotatable bonds is 1. The van der Waals surface area contributed by atoms with Crippen LogP contribution in [0.3, 0.4) is 0 Å². The van der Waals surface area contributed by atoms with E-state index in [2.05, 4.69) is 17.2 Å². The minimum absolute atomic E-state index is 0.420. The molecule has 2 rings (SSSR count). The number of hydrogen-bond donors (Lipinski definition) is 1. The number of aliphatic imine (C=N–C) groups is 1. The maximum Gasteiger partial charge on any atom is 0.0967 e. The first-order chi connectivity index (χ1) is 5.79. The summed E-state index contributed by atoms with van der Waals surface area (Å²) in [6.45, 7) is 3.33. The van der Waals surface area contributed by atoms with Crippen molar-refractivity contribution in [3.8, 4) is 0 Å². The van der Waals surface area contributed by atoms with Gasteiger partial charge in [-0.05, 0) is 32.6 Å². The molecular weight excluding hydrogens is 148 g/mol. The van der Waals surface area contributed by atoms with Crippen molar-refractivity contribution in [1.29, 1.82) is 0 Å². The van der Waals surface area contributed by atoms with Gasteiger partial charge in [-0.15, -0.1) is 0 Å². The van der Waals surface area contributed by atoms with Gasteiger partial charge in [-0.25, -0.2) is 0 Å². The highest BCUT2D eigenvalue weighted by molar-refractivity contribution is 5.83. The summed E-state index contributed by atoms with van der Waals surface area (Å²) in [5.74, 6) is 1.27. The lowest BCUT2D eigenvalue weighted by Crippen LogP contribution is -2.34. The van der Waals surface area contributed by atoms with Crippen molar-refractivity contribution in [1.82, 2.24) is 5.32 Å². The fourth-order valence-electron chi connectivity index (χ4n) is 1.64. The Morgan fingerprint density at radius 2 is 2.08 bits per heavy atom. The van der Waals surface area contributed by atoms with Gasteiger partial charge in [0.15, 0.2) is 0 Å². The first kappa shape index (κ1) is 8.09. The molecule has 0 atom stereocenters. The van der Waals surface area contributed by atoms with E-state index >= 15 is 0 Å². The van der Waals surface area contributed by atoms with E-state index in [0.29, 0.717) is 5.54 Å². The molecule has 1 fully saturated rings. The smallest absolute Gasteiger partial charge is 0.0967 e. The van der Waals surface area contributed by atoms with Crippen molar-refractivity contribution in [3.05, 3.63) is 0 Å². The molecule has 0 aromatic carbocycles. The Bertz CT molecular complexity index is 192. The number of nitrogens with zero attached hydrogens (tertiary/aromatic N) is 1. The Kier molecular flexibility index (Phi) is 2.07.